The average Bonchev–Trinajstić information content (AvgIpc) is 2.91. The third kappa shape index (κ3) is 3.52. The number of nitrogens with zero attached hydrogens (tertiary/aromatic N) is 3. The van der Waals surface area contributed by atoms with Gasteiger partial charge < -0.3 is 5.32 Å². The van der Waals surface area contributed by atoms with Crippen LogP contribution < -0.4 is 5.32 Å². The molecule has 3 rings (SSSR count). The topological polar surface area (TPSA) is 41.0 Å². The van der Waals surface area contributed by atoms with Crippen molar-refractivity contribution in [2.75, 3.05) is 13.6 Å². The van der Waals surface area contributed by atoms with Gasteiger partial charge in [-0.3, -0.25) is 14.9 Å². The van der Waals surface area contributed by atoms with Crippen LogP contribution in [-0.2, 0) is 0 Å². The fourth-order valence-electron chi connectivity index (χ4n) is 3.25. The van der Waals surface area contributed by atoms with Gasteiger partial charge in [0.1, 0.15) is 5.82 Å². The first-order valence-corrected chi connectivity index (χ1v) is 8.11. The summed E-state index contributed by atoms with van der Waals surface area (Å²) in [7, 11) is 2.06. The summed E-state index contributed by atoms with van der Waals surface area (Å²) in [6.07, 6.45) is 6.13. The third-order valence-electron chi connectivity index (χ3n) is 4.42. The number of halogens is 2. The van der Waals surface area contributed by atoms with Gasteiger partial charge in [0, 0.05) is 43.3 Å². The van der Waals surface area contributed by atoms with Gasteiger partial charge in [0.25, 0.3) is 0 Å². The molecule has 122 valence electrons. The van der Waals surface area contributed by atoms with E-state index in [0.717, 1.165) is 24.2 Å². The number of likely N-dealkylation sites (N-methyl/N-ethyl adjacent to an activating group) is 1. The zero-order valence-electron chi connectivity index (χ0n) is 13.2. The van der Waals surface area contributed by atoms with E-state index in [1.54, 1.807) is 24.7 Å². The SMILES string of the molecule is C[C@H](N[C@H]1CCN(C)[C@H]1c1ccc(Cl)c(F)c1)c1cnccn1. The van der Waals surface area contributed by atoms with Crippen LogP contribution in [0.2, 0.25) is 5.02 Å². The van der Waals surface area contributed by atoms with Crippen LogP contribution in [0.5, 0.6) is 0 Å². The molecule has 0 radical (unpaired) electrons. The van der Waals surface area contributed by atoms with Gasteiger partial charge in [-0.1, -0.05) is 17.7 Å². The molecule has 0 saturated carbocycles. The highest BCUT2D eigenvalue weighted by Crippen LogP contribution is 2.33. The van der Waals surface area contributed by atoms with Crippen LogP contribution >= 0.6 is 11.6 Å². The molecular weight excluding hydrogens is 315 g/mol. The van der Waals surface area contributed by atoms with Crippen LogP contribution in [0.1, 0.15) is 36.7 Å². The second kappa shape index (κ2) is 6.91. The molecule has 1 aliphatic heterocycles. The van der Waals surface area contributed by atoms with E-state index in [1.165, 1.54) is 6.07 Å². The molecule has 4 nitrogen and oxygen atoms in total. The van der Waals surface area contributed by atoms with Crippen molar-refractivity contribution in [2.24, 2.45) is 0 Å². The predicted octanol–water partition coefficient (Wildman–Crippen LogP) is 3.37. The maximum Gasteiger partial charge on any atom is 0.142 e. The number of hydrogen-bond donors (Lipinski definition) is 1. The van der Waals surface area contributed by atoms with E-state index in [1.807, 2.05) is 6.07 Å². The van der Waals surface area contributed by atoms with Gasteiger partial charge >= 0.3 is 0 Å². The standard InChI is InChI=1S/C17H20ClFN4/c1-11(16-10-20-6-7-21-16)22-15-5-8-23(2)17(15)12-3-4-13(18)14(19)9-12/h3-4,6-7,9-11,15,17,22H,5,8H2,1-2H3/t11-,15-,17-/m0/s1. The zero-order valence-corrected chi connectivity index (χ0v) is 14.0. The summed E-state index contributed by atoms with van der Waals surface area (Å²) < 4.78 is 13.8. The zero-order chi connectivity index (χ0) is 16.4. The van der Waals surface area contributed by atoms with Gasteiger partial charge in [-0.2, -0.15) is 0 Å². The minimum absolute atomic E-state index is 0.0832. The molecule has 1 saturated heterocycles. The highest BCUT2D eigenvalue weighted by molar-refractivity contribution is 6.30. The van der Waals surface area contributed by atoms with Crippen molar-refractivity contribution in [3.63, 3.8) is 0 Å². The Morgan fingerprint density at radius 1 is 1.39 bits per heavy atom. The van der Waals surface area contributed by atoms with Crippen molar-refractivity contribution in [1.29, 1.82) is 0 Å². The molecule has 2 aromatic rings. The average molecular weight is 335 g/mol. The molecule has 0 amide bonds. The highest BCUT2D eigenvalue weighted by Gasteiger charge is 2.34. The van der Waals surface area contributed by atoms with E-state index >= 15 is 0 Å². The number of nitrogens with one attached hydrogen (secondary N) is 1. The second-order valence-corrected chi connectivity index (χ2v) is 6.42. The molecule has 1 aliphatic rings. The van der Waals surface area contributed by atoms with Gasteiger partial charge in [0.2, 0.25) is 0 Å². The molecule has 0 unspecified atom stereocenters. The molecule has 0 bridgehead atoms. The van der Waals surface area contributed by atoms with Crippen molar-refractivity contribution < 1.29 is 4.39 Å². The van der Waals surface area contributed by atoms with Crippen molar-refractivity contribution in [3.8, 4) is 0 Å². The van der Waals surface area contributed by atoms with E-state index < -0.39 is 0 Å². The van der Waals surface area contributed by atoms with E-state index in [2.05, 4.69) is 34.2 Å². The lowest BCUT2D eigenvalue weighted by atomic mass is 9.99. The van der Waals surface area contributed by atoms with Crippen molar-refractivity contribution in [1.82, 2.24) is 20.2 Å². The van der Waals surface area contributed by atoms with Crippen LogP contribution in [-0.4, -0.2) is 34.5 Å². The molecule has 2 heterocycles. The third-order valence-corrected chi connectivity index (χ3v) is 4.73. The largest absolute Gasteiger partial charge is 0.304 e. The Hall–Kier alpha value is -1.56. The van der Waals surface area contributed by atoms with E-state index in [4.69, 9.17) is 11.6 Å². The Labute approximate surface area is 140 Å². The number of likely N-dealkylation sites (tertiary alicyclic amines) is 1. The summed E-state index contributed by atoms with van der Waals surface area (Å²) in [6.45, 7) is 3.03. The highest BCUT2D eigenvalue weighted by atomic mass is 35.5. The van der Waals surface area contributed by atoms with Crippen LogP contribution in [0.4, 0.5) is 4.39 Å². The molecule has 1 N–H and O–H groups in total. The Bertz CT molecular complexity index is 667. The molecule has 0 spiro atoms. The van der Waals surface area contributed by atoms with E-state index in [9.17, 15) is 4.39 Å². The summed E-state index contributed by atoms with van der Waals surface area (Å²) in [5.74, 6) is -0.370. The first kappa shape index (κ1) is 16.3. The Kier molecular flexibility index (Phi) is 4.90. The normalized spacial score (nSPS) is 23.1. The molecule has 1 fully saturated rings. The van der Waals surface area contributed by atoms with E-state index in [-0.39, 0.29) is 29.0 Å². The van der Waals surface area contributed by atoms with Crippen molar-refractivity contribution >= 4 is 11.6 Å². The quantitative estimate of drug-likeness (QED) is 0.930. The molecular formula is C17H20ClFN4. The Morgan fingerprint density at radius 3 is 2.91 bits per heavy atom. The number of hydrogen-bond acceptors (Lipinski definition) is 4. The maximum absolute atomic E-state index is 13.8. The van der Waals surface area contributed by atoms with Crippen LogP contribution in [0, 0.1) is 5.82 Å². The predicted molar refractivity (Wildman–Crippen MR) is 88.8 cm³/mol. The number of rotatable bonds is 4. The van der Waals surface area contributed by atoms with Crippen LogP contribution in [0.15, 0.2) is 36.8 Å². The van der Waals surface area contributed by atoms with Crippen molar-refractivity contribution in [2.45, 2.75) is 31.5 Å². The maximum atomic E-state index is 13.8. The monoisotopic (exact) mass is 334 g/mol. The lowest BCUT2D eigenvalue weighted by molar-refractivity contribution is 0.277. The molecule has 1 aromatic carbocycles. The number of aromatic nitrogens is 2. The Morgan fingerprint density at radius 2 is 2.22 bits per heavy atom. The Balaban J connectivity index is 1.79. The second-order valence-electron chi connectivity index (χ2n) is 6.01. The summed E-state index contributed by atoms with van der Waals surface area (Å²) in [6, 6.07) is 5.48. The smallest absolute Gasteiger partial charge is 0.142 e. The van der Waals surface area contributed by atoms with Crippen LogP contribution in [0.3, 0.4) is 0 Å². The van der Waals surface area contributed by atoms with Gasteiger partial charge in [0.05, 0.1) is 10.7 Å². The summed E-state index contributed by atoms with van der Waals surface area (Å²) in [5, 5.41) is 3.77. The van der Waals surface area contributed by atoms with Gasteiger partial charge in [0.15, 0.2) is 0 Å². The first-order valence-electron chi connectivity index (χ1n) is 7.73. The van der Waals surface area contributed by atoms with Crippen molar-refractivity contribution in [3.05, 3.63) is 58.9 Å². The van der Waals surface area contributed by atoms with Crippen LogP contribution in [0.25, 0.3) is 0 Å². The summed E-state index contributed by atoms with van der Waals surface area (Å²) >= 11 is 5.81. The van der Waals surface area contributed by atoms with E-state index in [0.29, 0.717) is 0 Å². The van der Waals surface area contributed by atoms with Gasteiger partial charge in [-0.15, -0.1) is 0 Å². The minimum Gasteiger partial charge on any atom is -0.304 e. The molecule has 6 heteroatoms. The molecule has 0 aliphatic carbocycles. The van der Waals surface area contributed by atoms with Gasteiger partial charge in [-0.05, 0) is 38.1 Å². The lowest BCUT2D eigenvalue weighted by Gasteiger charge is -2.28. The number of benzene rings is 1. The fraction of sp³-hybridized carbons (Fsp3) is 0.412. The lowest BCUT2D eigenvalue weighted by Crippen LogP contribution is -2.36. The molecule has 1 aromatic heterocycles. The fourth-order valence-corrected chi connectivity index (χ4v) is 3.36. The minimum atomic E-state index is -0.370. The molecule has 3 atom stereocenters. The first-order chi connectivity index (χ1) is 11.1. The van der Waals surface area contributed by atoms with Gasteiger partial charge in [-0.25, -0.2) is 4.39 Å². The summed E-state index contributed by atoms with van der Waals surface area (Å²) in [5.41, 5.74) is 1.85. The summed E-state index contributed by atoms with van der Waals surface area (Å²) in [4.78, 5) is 10.7. The molecule has 23 heavy (non-hydrogen) atoms.